The molecule has 0 unspecified atom stereocenters. The number of hydrogen-bond acceptors (Lipinski definition) is 4. The van der Waals surface area contributed by atoms with Crippen LogP contribution < -0.4 is 5.32 Å². The summed E-state index contributed by atoms with van der Waals surface area (Å²) >= 11 is 0. The highest BCUT2D eigenvalue weighted by molar-refractivity contribution is 7.89. The Kier molecular flexibility index (Phi) is 5.58. The monoisotopic (exact) mass is 423 g/mol. The van der Waals surface area contributed by atoms with Gasteiger partial charge in [0.05, 0.1) is 16.1 Å². The Labute approximate surface area is 177 Å². The predicted octanol–water partition coefficient (Wildman–Crippen LogP) is 4.28. The van der Waals surface area contributed by atoms with Crippen molar-refractivity contribution in [3.05, 3.63) is 65.4 Å². The standard InChI is InChI=1S/C23H25N3O3S/c1-16-6-11-21-20(14-16)22(15-17(2)24-21)25-23(27)18-7-9-19(10-8-18)30(28,29)26-12-4-3-5-13-26/h6-11,14-15H,3-5,12-13H2,1-2H3,(H,24,25,27). The molecule has 30 heavy (non-hydrogen) atoms. The molecule has 1 aliphatic heterocycles. The normalized spacial score (nSPS) is 15.3. The molecule has 1 N–H and O–H groups in total. The third-order valence-corrected chi connectivity index (χ3v) is 7.32. The van der Waals surface area contributed by atoms with Gasteiger partial charge in [0, 0.05) is 29.7 Å². The molecule has 1 aromatic heterocycles. The van der Waals surface area contributed by atoms with E-state index < -0.39 is 10.0 Å². The van der Waals surface area contributed by atoms with E-state index in [1.54, 1.807) is 12.1 Å². The second-order valence-electron chi connectivity index (χ2n) is 7.78. The van der Waals surface area contributed by atoms with Gasteiger partial charge in [-0.1, -0.05) is 18.1 Å². The average molecular weight is 424 g/mol. The van der Waals surface area contributed by atoms with Crippen LogP contribution in [0.25, 0.3) is 10.9 Å². The fraction of sp³-hybridized carbons (Fsp3) is 0.304. The fourth-order valence-electron chi connectivity index (χ4n) is 3.80. The van der Waals surface area contributed by atoms with Crippen molar-refractivity contribution < 1.29 is 13.2 Å². The zero-order valence-corrected chi connectivity index (χ0v) is 18.0. The van der Waals surface area contributed by atoms with Crippen molar-refractivity contribution in [2.75, 3.05) is 18.4 Å². The first kappa shape index (κ1) is 20.5. The lowest BCUT2D eigenvalue weighted by molar-refractivity contribution is 0.102. The summed E-state index contributed by atoms with van der Waals surface area (Å²) in [6, 6.07) is 13.9. The zero-order chi connectivity index (χ0) is 21.3. The molecule has 0 atom stereocenters. The highest BCUT2D eigenvalue weighted by Crippen LogP contribution is 2.25. The number of carbonyl (C=O) groups excluding carboxylic acids is 1. The van der Waals surface area contributed by atoms with Crippen LogP contribution in [0.5, 0.6) is 0 Å². The van der Waals surface area contributed by atoms with E-state index in [-0.39, 0.29) is 10.8 Å². The second-order valence-corrected chi connectivity index (χ2v) is 9.71. The van der Waals surface area contributed by atoms with Crippen LogP contribution in [0.15, 0.2) is 53.4 Å². The highest BCUT2D eigenvalue weighted by atomic mass is 32.2. The summed E-state index contributed by atoms with van der Waals surface area (Å²) in [7, 11) is -3.51. The van der Waals surface area contributed by atoms with Gasteiger partial charge in [-0.05, 0) is 69.2 Å². The number of hydrogen-bond donors (Lipinski definition) is 1. The summed E-state index contributed by atoms with van der Waals surface area (Å²) < 4.78 is 27.1. The Morgan fingerprint density at radius 1 is 0.967 bits per heavy atom. The lowest BCUT2D eigenvalue weighted by atomic mass is 10.1. The largest absolute Gasteiger partial charge is 0.321 e. The van der Waals surface area contributed by atoms with Crippen molar-refractivity contribution in [2.24, 2.45) is 0 Å². The molecule has 0 aliphatic carbocycles. The van der Waals surface area contributed by atoms with E-state index in [0.29, 0.717) is 24.3 Å². The lowest BCUT2D eigenvalue weighted by Crippen LogP contribution is -2.35. The Morgan fingerprint density at radius 2 is 1.67 bits per heavy atom. The molecule has 0 radical (unpaired) electrons. The molecule has 1 fully saturated rings. The third-order valence-electron chi connectivity index (χ3n) is 5.41. The van der Waals surface area contributed by atoms with Crippen LogP contribution in [0.3, 0.4) is 0 Å². The van der Waals surface area contributed by atoms with Crippen LogP contribution in [-0.4, -0.2) is 36.7 Å². The van der Waals surface area contributed by atoms with E-state index in [0.717, 1.165) is 41.4 Å². The minimum absolute atomic E-state index is 0.224. The minimum Gasteiger partial charge on any atom is -0.321 e. The van der Waals surface area contributed by atoms with Gasteiger partial charge in [0.25, 0.3) is 5.91 Å². The number of anilines is 1. The zero-order valence-electron chi connectivity index (χ0n) is 17.2. The first-order valence-corrected chi connectivity index (χ1v) is 11.6. The van der Waals surface area contributed by atoms with E-state index in [1.165, 1.54) is 16.4 Å². The van der Waals surface area contributed by atoms with Crippen LogP contribution in [0.1, 0.15) is 40.9 Å². The Hall–Kier alpha value is -2.77. The van der Waals surface area contributed by atoms with E-state index >= 15 is 0 Å². The number of aromatic nitrogens is 1. The van der Waals surface area contributed by atoms with Gasteiger partial charge in [0.1, 0.15) is 0 Å². The van der Waals surface area contributed by atoms with E-state index in [9.17, 15) is 13.2 Å². The first-order chi connectivity index (χ1) is 14.3. The van der Waals surface area contributed by atoms with Gasteiger partial charge in [0.15, 0.2) is 0 Å². The van der Waals surface area contributed by atoms with Crippen LogP contribution in [0.4, 0.5) is 5.69 Å². The lowest BCUT2D eigenvalue weighted by Gasteiger charge is -2.25. The molecule has 1 amide bonds. The molecular weight excluding hydrogens is 398 g/mol. The fourth-order valence-corrected chi connectivity index (χ4v) is 5.32. The van der Waals surface area contributed by atoms with Crippen molar-refractivity contribution in [3.8, 4) is 0 Å². The molecule has 1 aliphatic rings. The van der Waals surface area contributed by atoms with E-state index in [4.69, 9.17) is 0 Å². The number of piperidine rings is 1. The number of benzene rings is 2. The van der Waals surface area contributed by atoms with Crippen LogP contribution in [0, 0.1) is 13.8 Å². The molecule has 4 rings (SSSR count). The number of nitrogens with zero attached hydrogens (tertiary/aromatic N) is 2. The minimum atomic E-state index is -3.51. The van der Waals surface area contributed by atoms with Crippen molar-refractivity contribution in [1.82, 2.24) is 9.29 Å². The smallest absolute Gasteiger partial charge is 0.255 e. The maximum Gasteiger partial charge on any atom is 0.255 e. The maximum absolute atomic E-state index is 12.8. The van der Waals surface area contributed by atoms with E-state index in [1.807, 2.05) is 38.1 Å². The molecule has 156 valence electrons. The van der Waals surface area contributed by atoms with Crippen molar-refractivity contribution >= 4 is 32.5 Å². The molecule has 2 heterocycles. The number of amides is 1. The Morgan fingerprint density at radius 3 is 2.37 bits per heavy atom. The number of fused-ring (bicyclic) bond motifs is 1. The molecule has 3 aromatic rings. The second kappa shape index (κ2) is 8.16. The molecule has 0 spiro atoms. The SMILES string of the molecule is Cc1ccc2nc(C)cc(NC(=O)c3ccc(S(=O)(=O)N4CCCCC4)cc3)c2c1. The van der Waals surface area contributed by atoms with Gasteiger partial charge in [0.2, 0.25) is 10.0 Å². The quantitative estimate of drug-likeness (QED) is 0.679. The number of pyridine rings is 1. The topological polar surface area (TPSA) is 79.4 Å². The Balaban J connectivity index is 1.58. The molecule has 0 bridgehead atoms. The molecule has 6 nitrogen and oxygen atoms in total. The number of aryl methyl sites for hydroxylation is 2. The summed E-state index contributed by atoms with van der Waals surface area (Å²) in [6.07, 6.45) is 2.84. The van der Waals surface area contributed by atoms with Crippen molar-refractivity contribution in [3.63, 3.8) is 0 Å². The number of carbonyl (C=O) groups is 1. The van der Waals surface area contributed by atoms with Crippen LogP contribution in [0.2, 0.25) is 0 Å². The maximum atomic E-state index is 12.8. The number of rotatable bonds is 4. The molecule has 7 heteroatoms. The molecular formula is C23H25N3O3S. The van der Waals surface area contributed by atoms with Crippen molar-refractivity contribution in [1.29, 1.82) is 0 Å². The van der Waals surface area contributed by atoms with Gasteiger partial charge in [-0.3, -0.25) is 9.78 Å². The predicted molar refractivity (Wildman–Crippen MR) is 118 cm³/mol. The van der Waals surface area contributed by atoms with E-state index in [2.05, 4.69) is 10.3 Å². The summed E-state index contributed by atoms with van der Waals surface area (Å²) in [5.74, 6) is -0.287. The summed E-state index contributed by atoms with van der Waals surface area (Å²) in [5, 5.41) is 3.83. The highest BCUT2D eigenvalue weighted by Gasteiger charge is 2.26. The van der Waals surface area contributed by atoms with Gasteiger partial charge in [-0.2, -0.15) is 4.31 Å². The molecule has 2 aromatic carbocycles. The first-order valence-electron chi connectivity index (χ1n) is 10.1. The van der Waals surface area contributed by atoms with Gasteiger partial charge in [-0.25, -0.2) is 8.42 Å². The van der Waals surface area contributed by atoms with Crippen molar-refractivity contribution in [2.45, 2.75) is 38.0 Å². The molecule has 1 saturated heterocycles. The summed E-state index contributed by atoms with van der Waals surface area (Å²) in [6.45, 7) is 4.98. The Bertz CT molecular complexity index is 1200. The third kappa shape index (κ3) is 4.08. The van der Waals surface area contributed by atoms with Gasteiger partial charge in [-0.15, -0.1) is 0 Å². The average Bonchev–Trinajstić information content (AvgIpc) is 2.75. The van der Waals surface area contributed by atoms with Crippen LogP contribution in [-0.2, 0) is 10.0 Å². The number of sulfonamides is 1. The summed E-state index contributed by atoms with van der Waals surface area (Å²) in [4.78, 5) is 17.6. The van der Waals surface area contributed by atoms with Gasteiger partial charge < -0.3 is 5.32 Å². The number of nitrogens with one attached hydrogen (secondary N) is 1. The van der Waals surface area contributed by atoms with Crippen LogP contribution >= 0.6 is 0 Å². The van der Waals surface area contributed by atoms with Gasteiger partial charge >= 0.3 is 0 Å². The summed E-state index contributed by atoms with van der Waals surface area (Å²) in [5.41, 5.74) is 3.80. The molecule has 0 saturated carbocycles.